The van der Waals surface area contributed by atoms with Gasteiger partial charge in [-0.1, -0.05) is 12.1 Å². The number of piperidine rings is 1. The second-order valence-electron chi connectivity index (χ2n) is 8.52. The molecule has 1 amide bonds. The molecule has 3 heterocycles. The summed E-state index contributed by atoms with van der Waals surface area (Å²) in [6.45, 7) is 3.30. The number of nitrogens with one attached hydrogen (secondary N) is 1. The molecule has 0 atom stereocenters. The van der Waals surface area contributed by atoms with Gasteiger partial charge in [-0.05, 0) is 42.3 Å². The third-order valence-corrected chi connectivity index (χ3v) is 5.77. The van der Waals surface area contributed by atoms with E-state index < -0.39 is 18.5 Å². The number of alkyl halides is 3. The molecule has 1 saturated heterocycles. The largest absolute Gasteiger partial charge is 0.489 e. The van der Waals surface area contributed by atoms with Crippen molar-refractivity contribution < 1.29 is 27.4 Å². The first-order valence-corrected chi connectivity index (χ1v) is 11.4. The fourth-order valence-electron chi connectivity index (χ4n) is 3.97. The minimum Gasteiger partial charge on any atom is -0.489 e. The maximum absolute atomic E-state index is 12.6. The number of rotatable bonds is 7. The van der Waals surface area contributed by atoms with Crippen molar-refractivity contribution in [2.24, 2.45) is 0 Å². The van der Waals surface area contributed by atoms with Crippen LogP contribution < -0.4 is 19.7 Å². The van der Waals surface area contributed by atoms with E-state index in [1.54, 1.807) is 25.4 Å². The molecular formula is C25H26F3N5O3. The smallest absolute Gasteiger partial charge is 0.393 e. The van der Waals surface area contributed by atoms with Crippen LogP contribution in [0.15, 0.2) is 48.7 Å². The van der Waals surface area contributed by atoms with E-state index in [4.69, 9.17) is 9.47 Å². The van der Waals surface area contributed by atoms with Crippen molar-refractivity contribution in [3.8, 4) is 11.6 Å². The highest BCUT2D eigenvalue weighted by atomic mass is 19.4. The SMILES string of the molecule is COc1ccc(OC2CCN(c3nnc(C(=O)Nc4ccc(CC(F)(F)F)cc4)cc3C)CC2)cn1. The highest BCUT2D eigenvalue weighted by molar-refractivity contribution is 6.03. The van der Waals surface area contributed by atoms with Gasteiger partial charge in [0.2, 0.25) is 5.88 Å². The molecule has 3 aromatic rings. The first kappa shape index (κ1) is 25.2. The Kier molecular flexibility index (Phi) is 7.56. The number of ether oxygens (including phenoxy) is 2. The molecule has 11 heteroatoms. The lowest BCUT2D eigenvalue weighted by atomic mass is 10.1. The van der Waals surface area contributed by atoms with Crippen molar-refractivity contribution in [3.63, 3.8) is 0 Å². The molecule has 4 rings (SSSR count). The average Bonchev–Trinajstić information content (AvgIpc) is 2.85. The molecule has 36 heavy (non-hydrogen) atoms. The molecule has 0 bridgehead atoms. The van der Waals surface area contributed by atoms with Crippen LogP contribution in [0, 0.1) is 6.92 Å². The van der Waals surface area contributed by atoms with Crippen molar-refractivity contribution in [1.29, 1.82) is 0 Å². The number of benzene rings is 1. The fraction of sp³-hybridized carbons (Fsp3) is 0.360. The lowest BCUT2D eigenvalue weighted by Gasteiger charge is -2.33. The van der Waals surface area contributed by atoms with Crippen LogP contribution in [0.4, 0.5) is 24.7 Å². The molecule has 8 nitrogen and oxygen atoms in total. The quantitative estimate of drug-likeness (QED) is 0.506. The lowest BCUT2D eigenvalue weighted by molar-refractivity contribution is -0.127. The Labute approximate surface area is 206 Å². The lowest BCUT2D eigenvalue weighted by Crippen LogP contribution is -2.39. The number of hydrogen-bond acceptors (Lipinski definition) is 7. The van der Waals surface area contributed by atoms with Crippen LogP contribution in [0.5, 0.6) is 11.6 Å². The molecular weight excluding hydrogens is 475 g/mol. The van der Waals surface area contributed by atoms with Crippen molar-refractivity contribution in [1.82, 2.24) is 15.2 Å². The summed E-state index contributed by atoms with van der Waals surface area (Å²) in [7, 11) is 1.56. The van der Waals surface area contributed by atoms with E-state index in [1.165, 1.54) is 24.3 Å². The molecule has 1 fully saturated rings. The van der Waals surface area contributed by atoms with Gasteiger partial charge in [0.15, 0.2) is 11.5 Å². The molecule has 0 radical (unpaired) electrons. The predicted molar refractivity (Wildman–Crippen MR) is 128 cm³/mol. The third kappa shape index (κ3) is 6.61. The number of nitrogens with zero attached hydrogens (tertiary/aromatic N) is 4. The maximum atomic E-state index is 12.6. The summed E-state index contributed by atoms with van der Waals surface area (Å²) in [5, 5.41) is 11.0. The van der Waals surface area contributed by atoms with Crippen molar-refractivity contribution in [3.05, 3.63) is 65.5 Å². The molecule has 0 unspecified atom stereocenters. The van der Waals surface area contributed by atoms with Gasteiger partial charge < -0.3 is 19.7 Å². The number of halogens is 3. The number of carbonyl (C=O) groups excluding carboxylic acids is 1. The van der Waals surface area contributed by atoms with Gasteiger partial charge in [-0.3, -0.25) is 4.79 Å². The monoisotopic (exact) mass is 501 g/mol. The van der Waals surface area contributed by atoms with Gasteiger partial charge in [0.05, 0.1) is 19.7 Å². The number of aromatic nitrogens is 3. The van der Waals surface area contributed by atoms with E-state index >= 15 is 0 Å². The minimum atomic E-state index is -4.28. The number of aryl methyl sites for hydroxylation is 1. The topological polar surface area (TPSA) is 89.5 Å². The first-order chi connectivity index (χ1) is 17.2. The van der Waals surface area contributed by atoms with E-state index in [0.29, 0.717) is 23.1 Å². The summed E-state index contributed by atoms with van der Waals surface area (Å²) in [6.07, 6.45) is -2.02. The van der Waals surface area contributed by atoms with E-state index in [2.05, 4.69) is 25.4 Å². The van der Waals surface area contributed by atoms with E-state index in [0.717, 1.165) is 31.5 Å². The highest BCUT2D eigenvalue weighted by Crippen LogP contribution is 2.25. The Balaban J connectivity index is 1.32. The van der Waals surface area contributed by atoms with Gasteiger partial charge in [-0.25, -0.2) is 4.98 Å². The number of carbonyl (C=O) groups is 1. The van der Waals surface area contributed by atoms with Crippen LogP contribution in [0.1, 0.15) is 34.5 Å². The zero-order chi connectivity index (χ0) is 25.7. The molecule has 1 N–H and O–H groups in total. The Bertz CT molecular complexity index is 1180. The zero-order valence-corrected chi connectivity index (χ0v) is 19.9. The Morgan fingerprint density at radius 3 is 2.42 bits per heavy atom. The summed E-state index contributed by atoms with van der Waals surface area (Å²) in [4.78, 5) is 18.8. The predicted octanol–water partition coefficient (Wildman–Crippen LogP) is 4.59. The number of amides is 1. The van der Waals surface area contributed by atoms with Gasteiger partial charge in [-0.15, -0.1) is 10.2 Å². The van der Waals surface area contributed by atoms with Gasteiger partial charge >= 0.3 is 6.18 Å². The van der Waals surface area contributed by atoms with Crippen LogP contribution >= 0.6 is 0 Å². The van der Waals surface area contributed by atoms with E-state index in [1.807, 2.05) is 13.0 Å². The van der Waals surface area contributed by atoms with Crippen LogP contribution in [0.2, 0.25) is 0 Å². The minimum absolute atomic E-state index is 0.0530. The zero-order valence-electron chi connectivity index (χ0n) is 19.9. The molecule has 2 aromatic heterocycles. The second-order valence-corrected chi connectivity index (χ2v) is 8.52. The van der Waals surface area contributed by atoms with Gasteiger partial charge in [0, 0.05) is 37.7 Å². The Morgan fingerprint density at radius 1 is 1.11 bits per heavy atom. The average molecular weight is 502 g/mol. The normalized spacial score (nSPS) is 14.4. The Morgan fingerprint density at radius 2 is 1.83 bits per heavy atom. The molecule has 0 aliphatic carbocycles. The van der Waals surface area contributed by atoms with Crippen LogP contribution in [0.25, 0.3) is 0 Å². The molecule has 1 aliphatic rings. The summed E-state index contributed by atoms with van der Waals surface area (Å²) >= 11 is 0. The molecule has 190 valence electrons. The second kappa shape index (κ2) is 10.8. The molecule has 0 saturated carbocycles. The summed E-state index contributed by atoms with van der Waals surface area (Å²) in [5.74, 6) is 1.44. The number of pyridine rings is 1. The standard InChI is InChI=1S/C25H26F3N5O3/c1-16-13-21(24(34)30-18-5-3-17(4-6-18)14-25(26,27)28)31-32-23(16)33-11-9-19(10-12-33)36-20-7-8-22(35-2)29-15-20/h3-8,13,15,19H,9-12,14H2,1-2H3,(H,30,34). The van der Waals surface area contributed by atoms with Crippen LogP contribution in [-0.2, 0) is 6.42 Å². The highest BCUT2D eigenvalue weighted by Gasteiger charge is 2.27. The Hall–Kier alpha value is -3.89. The number of methoxy groups -OCH3 is 1. The van der Waals surface area contributed by atoms with Crippen LogP contribution in [0.3, 0.4) is 0 Å². The molecule has 1 aliphatic heterocycles. The van der Waals surface area contributed by atoms with Crippen LogP contribution in [-0.4, -0.2) is 53.6 Å². The fourth-order valence-corrected chi connectivity index (χ4v) is 3.97. The van der Waals surface area contributed by atoms with E-state index in [-0.39, 0.29) is 17.4 Å². The summed E-state index contributed by atoms with van der Waals surface area (Å²) < 4.78 is 48.6. The maximum Gasteiger partial charge on any atom is 0.393 e. The van der Waals surface area contributed by atoms with Crippen molar-refractivity contribution in [2.75, 3.05) is 30.4 Å². The number of anilines is 2. The van der Waals surface area contributed by atoms with Gasteiger partial charge in [0.25, 0.3) is 5.91 Å². The molecule has 1 aromatic carbocycles. The van der Waals surface area contributed by atoms with Crippen molar-refractivity contribution in [2.45, 2.75) is 38.5 Å². The van der Waals surface area contributed by atoms with Gasteiger partial charge in [-0.2, -0.15) is 13.2 Å². The summed E-state index contributed by atoms with van der Waals surface area (Å²) in [5.41, 5.74) is 1.43. The first-order valence-electron chi connectivity index (χ1n) is 11.4. The molecule has 0 spiro atoms. The third-order valence-electron chi connectivity index (χ3n) is 5.77. The number of hydrogen-bond donors (Lipinski definition) is 1. The van der Waals surface area contributed by atoms with Crippen molar-refractivity contribution >= 4 is 17.4 Å². The van der Waals surface area contributed by atoms with E-state index in [9.17, 15) is 18.0 Å². The van der Waals surface area contributed by atoms with Gasteiger partial charge in [0.1, 0.15) is 11.9 Å². The summed E-state index contributed by atoms with van der Waals surface area (Å²) in [6, 6.07) is 10.8.